The highest BCUT2D eigenvalue weighted by molar-refractivity contribution is 6.30. The number of hydrogen-bond acceptors (Lipinski definition) is 4. The molecule has 0 bridgehead atoms. The Labute approximate surface area is 123 Å². The Morgan fingerprint density at radius 3 is 3.10 bits per heavy atom. The molecule has 0 aliphatic carbocycles. The summed E-state index contributed by atoms with van der Waals surface area (Å²) in [5.74, 6) is -0.0993. The van der Waals surface area contributed by atoms with Gasteiger partial charge in [0.25, 0.3) is 0 Å². The van der Waals surface area contributed by atoms with Crippen molar-refractivity contribution in [1.29, 1.82) is 0 Å². The van der Waals surface area contributed by atoms with Crippen LogP contribution in [0.3, 0.4) is 0 Å². The monoisotopic (exact) mass is 298 g/mol. The van der Waals surface area contributed by atoms with Gasteiger partial charge in [0.15, 0.2) is 0 Å². The number of benzene rings is 1. The first-order chi connectivity index (χ1) is 9.58. The van der Waals surface area contributed by atoms with Crippen LogP contribution in [0, 0.1) is 0 Å². The molecule has 2 rings (SSSR count). The van der Waals surface area contributed by atoms with E-state index in [9.17, 15) is 4.79 Å². The molecule has 0 spiro atoms. The fraction of sp³-hybridized carbons (Fsp3) is 0.500. The lowest BCUT2D eigenvalue weighted by Gasteiger charge is -2.36. The summed E-state index contributed by atoms with van der Waals surface area (Å²) in [5.41, 5.74) is 0.683. The molecule has 1 fully saturated rings. The quantitative estimate of drug-likeness (QED) is 0.881. The van der Waals surface area contributed by atoms with Gasteiger partial charge in [0.2, 0.25) is 5.91 Å². The maximum Gasteiger partial charge on any atom is 0.238 e. The lowest BCUT2D eigenvalue weighted by Crippen LogP contribution is -2.51. The van der Waals surface area contributed by atoms with Gasteiger partial charge in [0.05, 0.1) is 25.9 Å². The largest absolute Gasteiger partial charge is 0.394 e. The second-order valence-electron chi connectivity index (χ2n) is 4.97. The molecule has 110 valence electrons. The molecule has 0 radical (unpaired) electrons. The fourth-order valence-electron chi connectivity index (χ4n) is 2.16. The maximum absolute atomic E-state index is 12.0. The van der Waals surface area contributed by atoms with Gasteiger partial charge in [-0.25, -0.2) is 0 Å². The minimum atomic E-state index is -0.217. The molecule has 5 nitrogen and oxygen atoms in total. The number of aliphatic hydroxyl groups is 1. The van der Waals surface area contributed by atoms with E-state index < -0.39 is 0 Å². The minimum absolute atomic E-state index is 0.0286. The number of rotatable bonds is 4. The smallest absolute Gasteiger partial charge is 0.238 e. The molecular formula is C14H19ClN2O3. The summed E-state index contributed by atoms with van der Waals surface area (Å²) in [4.78, 5) is 14.0. The van der Waals surface area contributed by atoms with Gasteiger partial charge in [-0.2, -0.15) is 0 Å². The Balaban J connectivity index is 1.90. The van der Waals surface area contributed by atoms with Gasteiger partial charge < -0.3 is 15.2 Å². The Bertz CT molecular complexity index is 469. The van der Waals surface area contributed by atoms with Crippen LogP contribution in [0.2, 0.25) is 5.02 Å². The average Bonchev–Trinajstić information content (AvgIpc) is 2.41. The first-order valence-electron chi connectivity index (χ1n) is 6.60. The number of halogens is 1. The third-order valence-electron chi connectivity index (χ3n) is 3.29. The lowest BCUT2D eigenvalue weighted by molar-refractivity contribution is -0.122. The van der Waals surface area contributed by atoms with E-state index in [0.717, 1.165) is 0 Å². The van der Waals surface area contributed by atoms with Crippen molar-refractivity contribution in [2.24, 2.45) is 0 Å². The van der Waals surface area contributed by atoms with Crippen LogP contribution in [0.4, 0.5) is 5.69 Å². The van der Waals surface area contributed by atoms with Crippen LogP contribution < -0.4 is 5.32 Å². The van der Waals surface area contributed by atoms with Crippen LogP contribution in [-0.4, -0.2) is 54.4 Å². The van der Waals surface area contributed by atoms with Gasteiger partial charge in [-0.15, -0.1) is 0 Å². The van der Waals surface area contributed by atoms with Gasteiger partial charge in [0.1, 0.15) is 0 Å². The lowest BCUT2D eigenvalue weighted by atomic mass is 10.2. The van der Waals surface area contributed by atoms with Crippen molar-refractivity contribution in [3.05, 3.63) is 29.3 Å². The number of nitrogens with one attached hydrogen (secondary N) is 1. The highest BCUT2D eigenvalue weighted by atomic mass is 35.5. The Kier molecular flexibility index (Phi) is 5.37. The molecule has 2 N–H and O–H groups in total. The van der Waals surface area contributed by atoms with E-state index in [0.29, 0.717) is 23.9 Å². The van der Waals surface area contributed by atoms with E-state index in [1.807, 2.05) is 11.8 Å². The van der Waals surface area contributed by atoms with E-state index in [2.05, 4.69) is 5.32 Å². The van der Waals surface area contributed by atoms with E-state index in [-0.39, 0.29) is 31.2 Å². The number of aliphatic hydroxyl groups excluding tert-OH is 1. The summed E-state index contributed by atoms with van der Waals surface area (Å²) >= 11 is 5.88. The number of carbonyl (C=O) groups is 1. The SMILES string of the molecule is CC1COC(CO)CN1CC(=O)Nc1cccc(Cl)c1. The Morgan fingerprint density at radius 2 is 2.40 bits per heavy atom. The van der Waals surface area contributed by atoms with Gasteiger partial charge in [-0.3, -0.25) is 9.69 Å². The van der Waals surface area contributed by atoms with Crippen LogP contribution >= 0.6 is 11.6 Å². The summed E-state index contributed by atoms with van der Waals surface area (Å²) in [7, 11) is 0. The topological polar surface area (TPSA) is 61.8 Å². The van der Waals surface area contributed by atoms with Crippen molar-refractivity contribution in [2.75, 3.05) is 31.6 Å². The third kappa shape index (κ3) is 4.18. The fourth-order valence-corrected chi connectivity index (χ4v) is 2.35. The van der Waals surface area contributed by atoms with Crippen molar-refractivity contribution in [3.63, 3.8) is 0 Å². The summed E-state index contributed by atoms with van der Waals surface area (Å²) in [6, 6.07) is 7.20. The van der Waals surface area contributed by atoms with Crippen molar-refractivity contribution < 1.29 is 14.6 Å². The van der Waals surface area contributed by atoms with Crippen molar-refractivity contribution in [1.82, 2.24) is 4.90 Å². The average molecular weight is 299 g/mol. The normalized spacial score (nSPS) is 23.6. The Morgan fingerprint density at radius 1 is 1.60 bits per heavy atom. The zero-order chi connectivity index (χ0) is 14.5. The number of ether oxygens (including phenoxy) is 1. The number of morpholine rings is 1. The summed E-state index contributed by atoms with van der Waals surface area (Å²) in [6.07, 6.45) is -0.217. The predicted molar refractivity (Wildman–Crippen MR) is 77.9 cm³/mol. The first-order valence-corrected chi connectivity index (χ1v) is 6.98. The highest BCUT2D eigenvalue weighted by Gasteiger charge is 2.26. The van der Waals surface area contributed by atoms with Gasteiger partial charge in [-0.05, 0) is 25.1 Å². The van der Waals surface area contributed by atoms with Gasteiger partial charge >= 0.3 is 0 Å². The molecule has 0 saturated carbocycles. The molecule has 1 heterocycles. The number of amides is 1. The zero-order valence-electron chi connectivity index (χ0n) is 11.4. The van der Waals surface area contributed by atoms with Crippen LogP contribution in [-0.2, 0) is 9.53 Å². The number of carbonyl (C=O) groups excluding carboxylic acids is 1. The molecule has 1 aliphatic rings. The van der Waals surface area contributed by atoms with Gasteiger partial charge in [-0.1, -0.05) is 17.7 Å². The second-order valence-corrected chi connectivity index (χ2v) is 5.41. The standard InChI is InChI=1S/C14H19ClN2O3/c1-10-9-20-13(8-18)6-17(10)7-14(19)16-12-4-2-3-11(15)5-12/h2-5,10,13,18H,6-9H2,1H3,(H,16,19). The number of anilines is 1. The van der Waals surface area contributed by atoms with E-state index >= 15 is 0 Å². The summed E-state index contributed by atoms with van der Waals surface area (Å²) in [5, 5.41) is 12.5. The molecule has 2 unspecified atom stereocenters. The molecule has 0 aromatic heterocycles. The van der Waals surface area contributed by atoms with Crippen molar-refractivity contribution in [2.45, 2.75) is 19.1 Å². The zero-order valence-corrected chi connectivity index (χ0v) is 12.1. The second kappa shape index (κ2) is 7.04. The summed E-state index contributed by atoms with van der Waals surface area (Å²) in [6.45, 7) is 3.32. The van der Waals surface area contributed by atoms with Gasteiger partial charge in [0, 0.05) is 23.3 Å². The molecular weight excluding hydrogens is 280 g/mol. The van der Waals surface area contributed by atoms with Crippen LogP contribution in [0.15, 0.2) is 24.3 Å². The number of hydrogen-bond donors (Lipinski definition) is 2. The molecule has 1 aromatic carbocycles. The molecule has 2 atom stereocenters. The molecule has 1 saturated heterocycles. The summed E-state index contributed by atoms with van der Waals surface area (Å²) < 4.78 is 5.44. The highest BCUT2D eigenvalue weighted by Crippen LogP contribution is 2.15. The van der Waals surface area contributed by atoms with Crippen LogP contribution in [0.1, 0.15) is 6.92 Å². The molecule has 20 heavy (non-hydrogen) atoms. The maximum atomic E-state index is 12.0. The predicted octanol–water partition coefficient (Wildman–Crippen LogP) is 1.36. The molecule has 1 aliphatic heterocycles. The minimum Gasteiger partial charge on any atom is -0.394 e. The molecule has 1 aromatic rings. The van der Waals surface area contributed by atoms with E-state index in [1.54, 1.807) is 24.3 Å². The number of nitrogens with zero attached hydrogens (tertiary/aromatic N) is 1. The Hall–Kier alpha value is -1.14. The van der Waals surface area contributed by atoms with Crippen LogP contribution in [0.5, 0.6) is 0 Å². The van der Waals surface area contributed by atoms with Crippen molar-refractivity contribution >= 4 is 23.2 Å². The molecule has 1 amide bonds. The molecule has 6 heteroatoms. The first kappa shape index (κ1) is 15.3. The van der Waals surface area contributed by atoms with E-state index in [1.165, 1.54) is 0 Å². The third-order valence-corrected chi connectivity index (χ3v) is 3.53. The van der Waals surface area contributed by atoms with Crippen LogP contribution in [0.25, 0.3) is 0 Å². The van der Waals surface area contributed by atoms with Crippen molar-refractivity contribution in [3.8, 4) is 0 Å². The van der Waals surface area contributed by atoms with E-state index in [4.69, 9.17) is 21.4 Å².